The van der Waals surface area contributed by atoms with Gasteiger partial charge in [0.1, 0.15) is 12.3 Å². The van der Waals surface area contributed by atoms with E-state index in [2.05, 4.69) is 5.32 Å². The number of amides is 3. The van der Waals surface area contributed by atoms with Gasteiger partial charge in [-0.05, 0) is 48.7 Å². The highest BCUT2D eigenvalue weighted by atomic mass is 35.5. The molecular formula is C22H22ClN3O4. The normalized spacial score (nSPS) is 15.6. The van der Waals surface area contributed by atoms with E-state index < -0.39 is 0 Å². The number of carbonyl (C=O) groups excluding carboxylic acids is 3. The van der Waals surface area contributed by atoms with Gasteiger partial charge in [0.2, 0.25) is 5.91 Å². The molecule has 30 heavy (non-hydrogen) atoms. The van der Waals surface area contributed by atoms with Crippen LogP contribution in [0.5, 0.6) is 5.75 Å². The van der Waals surface area contributed by atoms with E-state index >= 15 is 0 Å². The van der Waals surface area contributed by atoms with Gasteiger partial charge in [0.05, 0.1) is 5.69 Å². The van der Waals surface area contributed by atoms with Crippen molar-refractivity contribution >= 4 is 35.0 Å². The predicted molar refractivity (Wildman–Crippen MR) is 113 cm³/mol. The molecule has 2 aromatic rings. The molecule has 2 heterocycles. The molecule has 0 saturated carbocycles. The van der Waals surface area contributed by atoms with Gasteiger partial charge in [0, 0.05) is 30.2 Å². The molecule has 0 aliphatic carbocycles. The zero-order valence-electron chi connectivity index (χ0n) is 16.4. The lowest BCUT2D eigenvalue weighted by Gasteiger charge is -2.29. The maximum atomic E-state index is 12.7. The van der Waals surface area contributed by atoms with Crippen LogP contribution in [-0.2, 0) is 16.1 Å². The van der Waals surface area contributed by atoms with Crippen molar-refractivity contribution in [2.45, 2.75) is 19.4 Å². The Bertz CT molecular complexity index is 971. The van der Waals surface area contributed by atoms with Crippen molar-refractivity contribution in [3.8, 4) is 5.75 Å². The van der Waals surface area contributed by atoms with Crippen LogP contribution in [0.4, 0.5) is 5.69 Å². The number of nitrogens with zero attached hydrogens (tertiary/aromatic N) is 2. The molecule has 156 valence electrons. The standard InChI is InChI=1S/C22H22ClN3O4/c23-17-6-3-15(4-7-17)12-24-20(27)13-26-18-11-16(22(29)25-9-1-2-10-25)5-8-19(18)30-14-21(26)28/h3-8,11H,1-2,9-10,12-14H2,(H,24,27). The number of ether oxygens (including phenoxy) is 1. The third-order valence-corrected chi connectivity index (χ3v) is 5.50. The summed E-state index contributed by atoms with van der Waals surface area (Å²) in [6.45, 7) is 1.51. The van der Waals surface area contributed by atoms with Crippen molar-refractivity contribution in [2.75, 3.05) is 31.1 Å². The fraction of sp³-hybridized carbons (Fsp3) is 0.318. The lowest BCUT2D eigenvalue weighted by molar-refractivity contribution is -0.125. The number of halogens is 1. The highest BCUT2D eigenvalue weighted by Gasteiger charge is 2.29. The average Bonchev–Trinajstić information content (AvgIpc) is 3.29. The third kappa shape index (κ3) is 4.41. The summed E-state index contributed by atoms with van der Waals surface area (Å²) in [5.74, 6) is -0.212. The molecule has 0 atom stereocenters. The van der Waals surface area contributed by atoms with E-state index in [4.69, 9.17) is 16.3 Å². The van der Waals surface area contributed by atoms with Gasteiger partial charge in [-0.1, -0.05) is 23.7 Å². The number of hydrogen-bond acceptors (Lipinski definition) is 4. The smallest absolute Gasteiger partial charge is 0.265 e. The lowest BCUT2D eigenvalue weighted by Crippen LogP contribution is -2.45. The number of anilines is 1. The molecule has 0 radical (unpaired) electrons. The Morgan fingerprint density at radius 3 is 2.53 bits per heavy atom. The Labute approximate surface area is 179 Å². The third-order valence-electron chi connectivity index (χ3n) is 5.25. The largest absolute Gasteiger partial charge is 0.482 e. The van der Waals surface area contributed by atoms with Crippen LogP contribution in [0.2, 0.25) is 5.02 Å². The summed E-state index contributed by atoms with van der Waals surface area (Å²) in [5.41, 5.74) is 1.83. The van der Waals surface area contributed by atoms with Gasteiger partial charge in [0.15, 0.2) is 6.61 Å². The summed E-state index contributed by atoms with van der Waals surface area (Å²) in [6, 6.07) is 12.2. The van der Waals surface area contributed by atoms with Gasteiger partial charge in [-0.25, -0.2) is 0 Å². The van der Waals surface area contributed by atoms with Gasteiger partial charge in [-0.3, -0.25) is 19.3 Å². The zero-order chi connectivity index (χ0) is 21.1. The van der Waals surface area contributed by atoms with Crippen molar-refractivity contribution in [1.82, 2.24) is 10.2 Å². The minimum Gasteiger partial charge on any atom is -0.482 e. The Morgan fingerprint density at radius 1 is 1.07 bits per heavy atom. The second-order valence-corrected chi connectivity index (χ2v) is 7.79. The molecular weight excluding hydrogens is 406 g/mol. The number of benzene rings is 2. The van der Waals surface area contributed by atoms with Crippen LogP contribution < -0.4 is 15.0 Å². The van der Waals surface area contributed by atoms with E-state index in [1.807, 2.05) is 12.1 Å². The summed E-state index contributed by atoms with van der Waals surface area (Å²) < 4.78 is 5.49. The van der Waals surface area contributed by atoms with Crippen LogP contribution in [0.25, 0.3) is 0 Å². The summed E-state index contributed by atoms with van der Waals surface area (Å²) in [4.78, 5) is 40.8. The van der Waals surface area contributed by atoms with Crippen molar-refractivity contribution < 1.29 is 19.1 Å². The summed E-state index contributed by atoms with van der Waals surface area (Å²) in [5, 5.41) is 3.43. The number of fused-ring (bicyclic) bond motifs is 1. The van der Waals surface area contributed by atoms with E-state index in [-0.39, 0.29) is 30.9 Å². The monoisotopic (exact) mass is 427 g/mol. The summed E-state index contributed by atoms with van der Waals surface area (Å²) in [6.07, 6.45) is 2.00. The van der Waals surface area contributed by atoms with Crippen molar-refractivity contribution in [2.24, 2.45) is 0 Å². The van der Waals surface area contributed by atoms with E-state index in [1.54, 1.807) is 35.2 Å². The zero-order valence-corrected chi connectivity index (χ0v) is 17.2. The number of hydrogen-bond donors (Lipinski definition) is 1. The molecule has 8 heteroatoms. The van der Waals surface area contributed by atoms with Gasteiger partial charge >= 0.3 is 0 Å². The second kappa shape index (κ2) is 8.75. The summed E-state index contributed by atoms with van der Waals surface area (Å²) >= 11 is 5.87. The van der Waals surface area contributed by atoms with Crippen LogP contribution in [-0.4, -0.2) is 48.9 Å². The van der Waals surface area contributed by atoms with Crippen molar-refractivity contribution in [1.29, 1.82) is 0 Å². The second-order valence-electron chi connectivity index (χ2n) is 7.35. The Morgan fingerprint density at radius 2 is 1.80 bits per heavy atom. The van der Waals surface area contributed by atoms with Crippen molar-refractivity contribution in [3.63, 3.8) is 0 Å². The van der Waals surface area contributed by atoms with Gasteiger partial charge in [-0.15, -0.1) is 0 Å². The highest BCUT2D eigenvalue weighted by molar-refractivity contribution is 6.30. The van der Waals surface area contributed by atoms with Crippen LogP contribution in [0, 0.1) is 0 Å². The highest BCUT2D eigenvalue weighted by Crippen LogP contribution is 2.33. The molecule has 7 nitrogen and oxygen atoms in total. The minimum atomic E-state index is -0.324. The van der Waals surface area contributed by atoms with E-state index in [1.165, 1.54) is 4.90 Å². The molecule has 1 N–H and O–H groups in total. The van der Waals surface area contributed by atoms with E-state index in [0.29, 0.717) is 28.6 Å². The van der Waals surface area contributed by atoms with Crippen molar-refractivity contribution in [3.05, 3.63) is 58.6 Å². The first-order valence-corrected chi connectivity index (χ1v) is 10.3. The topological polar surface area (TPSA) is 79.0 Å². The van der Waals surface area contributed by atoms with Crippen LogP contribution in [0.3, 0.4) is 0 Å². The first-order chi connectivity index (χ1) is 14.5. The molecule has 3 amide bonds. The molecule has 4 rings (SSSR count). The predicted octanol–water partition coefficient (Wildman–Crippen LogP) is 2.62. The number of nitrogens with one attached hydrogen (secondary N) is 1. The first kappa shape index (κ1) is 20.2. The SMILES string of the molecule is O=C(CN1C(=O)COc2ccc(C(=O)N3CCCC3)cc21)NCc1ccc(Cl)cc1. The first-order valence-electron chi connectivity index (χ1n) is 9.89. The fourth-order valence-corrected chi connectivity index (χ4v) is 3.74. The van der Waals surface area contributed by atoms with Gasteiger partial charge < -0.3 is 15.0 Å². The minimum absolute atomic E-state index is 0.0690. The quantitative estimate of drug-likeness (QED) is 0.795. The van der Waals surface area contributed by atoms with Crippen LogP contribution in [0.15, 0.2) is 42.5 Å². The molecule has 0 aromatic heterocycles. The molecule has 0 spiro atoms. The maximum Gasteiger partial charge on any atom is 0.265 e. The van der Waals surface area contributed by atoms with E-state index in [0.717, 1.165) is 31.5 Å². The molecule has 2 aliphatic heterocycles. The Kier molecular flexibility index (Phi) is 5.90. The Hall–Kier alpha value is -3.06. The fourth-order valence-electron chi connectivity index (χ4n) is 3.61. The average molecular weight is 428 g/mol. The molecule has 1 saturated heterocycles. The van der Waals surface area contributed by atoms with E-state index in [9.17, 15) is 14.4 Å². The number of rotatable bonds is 5. The number of carbonyl (C=O) groups is 3. The molecule has 2 aliphatic rings. The Balaban J connectivity index is 1.47. The summed E-state index contributed by atoms with van der Waals surface area (Å²) in [7, 11) is 0. The molecule has 2 aromatic carbocycles. The van der Waals surface area contributed by atoms with Gasteiger partial charge in [-0.2, -0.15) is 0 Å². The molecule has 0 bridgehead atoms. The number of likely N-dealkylation sites (tertiary alicyclic amines) is 1. The molecule has 0 unspecified atom stereocenters. The van der Waals surface area contributed by atoms with Crippen LogP contribution in [0.1, 0.15) is 28.8 Å². The lowest BCUT2D eigenvalue weighted by atomic mass is 10.1. The maximum absolute atomic E-state index is 12.7. The van der Waals surface area contributed by atoms with Crippen LogP contribution >= 0.6 is 11.6 Å². The molecule has 1 fully saturated rings. The van der Waals surface area contributed by atoms with Gasteiger partial charge in [0.25, 0.3) is 11.8 Å².